The van der Waals surface area contributed by atoms with Gasteiger partial charge in [-0.1, -0.05) is 36.4 Å². The second kappa shape index (κ2) is 8.10. The smallest absolute Gasteiger partial charge is 0.250 e. The van der Waals surface area contributed by atoms with Crippen molar-refractivity contribution in [3.63, 3.8) is 0 Å². The quantitative estimate of drug-likeness (QED) is 0.692. The van der Waals surface area contributed by atoms with E-state index >= 15 is 0 Å². The van der Waals surface area contributed by atoms with E-state index in [1.807, 2.05) is 61.6 Å². The third-order valence-electron chi connectivity index (χ3n) is 3.23. The summed E-state index contributed by atoms with van der Waals surface area (Å²) in [6.45, 7) is 0. The van der Waals surface area contributed by atoms with E-state index in [1.54, 1.807) is 18.1 Å². The van der Waals surface area contributed by atoms with Crippen LogP contribution in [-0.2, 0) is 4.79 Å². The Morgan fingerprint density at radius 2 is 1.78 bits per heavy atom. The van der Waals surface area contributed by atoms with E-state index in [1.165, 1.54) is 6.08 Å². The molecule has 118 valence electrons. The summed E-state index contributed by atoms with van der Waals surface area (Å²) in [5, 5.41) is 3.02. The molecule has 23 heavy (non-hydrogen) atoms. The number of carbonyl (C=O) groups excluding carboxylic acids is 1. The first-order chi connectivity index (χ1) is 11.1. The number of nitrogens with zero attached hydrogens (tertiary/aromatic N) is 1. The lowest BCUT2D eigenvalue weighted by molar-refractivity contribution is -0.115. The molecule has 0 aliphatic rings. The summed E-state index contributed by atoms with van der Waals surface area (Å²) in [7, 11) is 3.40. The number of thiocarbonyl (C=S) groups is 1. The van der Waals surface area contributed by atoms with Crippen molar-refractivity contribution in [3.05, 3.63) is 66.2 Å². The van der Waals surface area contributed by atoms with Crippen molar-refractivity contribution >= 4 is 35.0 Å². The number of para-hydroxylation sites is 2. The molecule has 0 bridgehead atoms. The summed E-state index contributed by atoms with van der Waals surface area (Å²) in [6.07, 6.45) is 3.13. The zero-order chi connectivity index (χ0) is 16.7. The molecule has 0 unspecified atom stereocenters. The Balaban J connectivity index is 1.99. The number of nitrogens with one attached hydrogen (secondary N) is 1. The van der Waals surface area contributed by atoms with Gasteiger partial charge in [-0.05, 0) is 36.5 Å². The fourth-order valence-corrected chi connectivity index (χ4v) is 2.18. The van der Waals surface area contributed by atoms with Gasteiger partial charge in [0.25, 0.3) is 0 Å². The largest absolute Gasteiger partial charge is 0.496 e. The van der Waals surface area contributed by atoms with E-state index in [0.29, 0.717) is 10.9 Å². The van der Waals surface area contributed by atoms with Gasteiger partial charge in [0.15, 0.2) is 5.11 Å². The zero-order valence-electron chi connectivity index (χ0n) is 13.0. The van der Waals surface area contributed by atoms with Crippen molar-refractivity contribution in [2.24, 2.45) is 0 Å². The minimum Gasteiger partial charge on any atom is -0.496 e. The van der Waals surface area contributed by atoms with Crippen LogP contribution < -0.4 is 15.0 Å². The van der Waals surface area contributed by atoms with E-state index in [4.69, 9.17) is 17.0 Å². The Morgan fingerprint density at radius 1 is 1.13 bits per heavy atom. The Bertz CT molecular complexity index is 714. The maximum absolute atomic E-state index is 12.0. The van der Waals surface area contributed by atoms with Gasteiger partial charge >= 0.3 is 0 Å². The number of carbonyl (C=O) groups is 1. The summed E-state index contributed by atoms with van der Waals surface area (Å²) in [6, 6.07) is 17.1. The molecule has 0 saturated carbocycles. The van der Waals surface area contributed by atoms with Crippen LogP contribution in [0.1, 0.15) is 5.56 Å². The summed E-state index contributed by atoms with van der Waals surface area (Å²) in [5.41, 5.74) is 1.74. The molecule has 0 radical (unpaired) electrons. The molecule has 0 fully saturated rings. The molecule has 2 aromatic rings. The number of hydrogen-bond donors (Lipinski definition) is 1. The van der Waals surface area contributed by atoms with Gasteiger partial charge < -0.3 is 9.64 Å². The molecule has 2 aromatic carbocycles. The van der Waals surface area contributed by atoms with Gasteiger partial charge in [0.2, 0.25) is 5.91 Å². The van der Waals surface area contributed by atoms with Gasteiger partial charge in [0.1, 0.15) is 5.75 Å². The average Bonchev–Trinajstić information content (AvgIpc) is 2.60. The first-order valence-electron chi connectivity index (χ1n) is 7.06. The SMILES string of the molecule is COc1ccccc1/C=C\C(=O)NC(=S)N(C)c1ccccc1. The van der Waals surface area contributed by atoms with E-state index in [-0.39, 0.29) is 5.91 Å². The maximum atomic E-state index is 12.0. The molecular formula is C18H18N2O2S. The number of benzene rings is 2. The monoisotopic (exact) mass is 326 g/mol. The molecular weight excluding hydrogens is 308 g/mol. The van der Waals surface area contributed by atoms with Crippen LogP contribution in [-0.4, -0.2) is 25.2 Å². The molecule has 1 amide bonds. The van der Waals surface area contributed by atoms with Gasteiger partial charge in [0.05, 0.1) is 7.11 Å². The highest BCUT2D eigenvalue weighted by Gasteiger charge is 2.08. The van der Waals surface area contributed by atoms with Gasteiger partial charge in [-0.2, -0.15) is 0 Å². The number of rotatable bonds is 4. The highest BCUT2D eigenvalue weighted by atomic mass is 32.1. The number of anilines is 1. The standard InChI is InChI=1S/C18H18N2O2S/c1-20(15-9-4-3-5-10-15)18(23)19-17(21)13-12-14-8-6-7-11-16(14)22-2/h3-13H,1-2H3,(H,19,21,23)/b13-12-. The summed E-state index contributed by atoms with van der Waals surface area (Å²) in [5.74, 6) is 0.421. The lowest BCUT2D eigenvalue weighted by Crippen LogP contribution is -2.39. The molecule has 2 rings (SSSR count). The first-order valence-corrected chi connectivity index (χ1v) is 7.47. The first kappa shape index (κ1) is 16.7. The van der Waals surface area contributed by atoms with Crippen LogP contribution in [0.2, 0.25) is 0 Å². The fraction of sp³-hybridized carbons (Fsp3) is 0.111. The molecule has 5 heteroatoms. The van der Waals surface area contributed by atoms with Crippen molar-refractivity contribution in [1.82, 2.24) is 5.32 Å². The number of amides is 1. The number of hydrogen-bond acceptors (Lipinski definition) is 3. The molecule has 4 nitrogen and oxygen atoms in total. The van der Waals surface area contributed by atoms with Crippen molar-refractivity contribution in [1.29, 1.82) is 0 Å². The van der Waals surface area contributed by atoms with Crippen LogP contribution in [0.5, 0.6) is 5.75 Å². The van der Waals surface area contributed by atoms with E-state index in [9.17, 15) is 4.79 Å². The second-order valence-electron chi connectivity index (χ2n) is 4.76. The number of ether oxygens (including phenoxy) is 1. The van der Waals surface area contributed by atoms with Crippen molar-refractivity contribution in [2.75, 3.05) is 19.1 Å². The molecule has 0 aliphatic heterocycles. The summed E-state index contributed by atoms with van der Waals surface area (Å²) in [4.78, 5) is 13.7. The molecule has 0 atom stereocenters. The molecule has 0 aromatic heterocycles. The minimum absolute atomic E-state index is 0.288. The van der Waals surface area contributed by atoms with Crippen LogP contribution in [0.3, 0.4) is 0 Å². The third kappa shape index (κ3) is 4.66. The molecule has 0 spiro atoms. The average molecular weight is 326 g/mol. The zero-order valence-corrected chi connectivity index (χ0v) is 13.8. The van der Waals surface area contributed by atoms with Crippen molar-refractivity contribution < 1.29 is 9.53 Å². The van der Waals surface area contributed by atoms with Crippen LogP contribution in [0, 0.1) is 0 Å². The summed E-state index contributed by atoms with van der Waals surface area (Å²) >= 11 is 5.25. The normalized spacial score (nSPS) is 10.3. The highest BCUT2D eigenvalue weighted by molar-refractivity contribution is 7.80. The summed E-state index contributed by atoms with van der Waals surface area (Å²) < 4.78 is 5.24. The maximum Gasteiger partial charge on any atom is 0.250 e. The van der Waals surface area contributed by atoms with E-state index in [2.05, 4.69) is 5.32 Å². The Labute approximate surface area is 141 Å². The third-order valence-corrected chi connectivity index (χ3v) is 3.61. The minimum atomic E-state index is -0.288. The Kier molecular flexibility index (Phi) is 5.88. The Morgan fingerprint density at radius 3 is 2.48 bits per heavy atom. The van der Waals surface area contributed by atoms with E-state index < -0.39 is 0 Å². The van der Waals surface area contributed by atoms with Gasteiger partial charge in [0, 0.05) is 24.4 Å². The molecule has 0 saturated heterocycles. The molecule has 0 heterocycles. The predicted octanol–water partition coefficient (Wildman–Crippen LogP) is 3.25. The van der Waals surface area contributed by atoms with Gasteiger partial charge in [-0.25, -0.2) is 0 Å². The Hall–Kier alpha value is -2.66. The number of methoxy groups -OCH3 is 1. The van der Waals surface area contributed by atoms with Crippen molar-refractivity contribution in [2.45, 2.75) is 0 Å². The topological polar surface area (TPSA) is 41.6 Å². The second-order valence-corrected chi connectivity index (χ2v) is 5.15. The lowest BCUT2D eigenvalue weighted by atomic mass is 10.2. The van der Waals surface area contributed by atoms with Crippen molar-refractivity contribution in [3.8, 4) is 5.75 Å². The van der Waals surface area contributed by atoms with Gasteiger partial charge in [-0.3, -0.25) is 10.1 Å². The lowest BCUT2D eigenvalue weighted by Gasteiger charge is -2.19. The van der Waals surface area contributed by atoms with Crippen LogP contribution in [0.25, 0.3) is 6.08 Å². The van der Waals surface area contributed by atoms with Crippen LogP contribution >= 0.6 is 12.2 Å². The van der Waals surface area contributed by atoms with Crippen LogP contribution in [0.15, 0.2) is 60.7 Å². The van der Waals surface area contributed by atoms with Gasteiger partial charge in [-0.15, -0.1) is 0 Å². The van der Waals surface area contributed by atoms with E-state index in [0.717, 1.165) is 11.3 Å². The van der Waals surface area contributed by atoms with Crippen LogP contribution in [0.4, 0.5) is 5.69 Å². The molecule has 0 aliphatic carbocycles. The predicted molar refractivity (Wildman–Crippen MR) is 97.6 cm³/mol. The highest BCUT2D eigenvalue weighted by Crippen LogP contribution is 2.18. The molecule has 1 N–H and O–H groups in total. The fourth-order valence-electron chi connectivity index (χ4n) is 1.97.